The molecule has 0 aliphatic carbocycles. The molecule has 2 rings (SSSR count). The lowest BCUT2D eigenvalue weighted by atomic mass is 9.98. The first kappa shape index (κ1) is 14.3. The highest BCUT2D eigenvalue weighted by Gasteiger charge is 2.18. The number of amides is 1. The number of hydrogen-bond acceptors (Lipinski definition) is 1. The fourth-order valence-electron chi connectivity index (χ4n) is 2.00. The molecule has 104 valence electrons. The van der Waals surface area contributed by atoms with Crippen molar-refractivity contribution in [2.75, 3.05) is 0 Å². The molecule has 2 nitrogen and oxygen atoms in total. The number of hydrogen-bond donors (Lipinski definition) is 1. The number of rotatable bonds is 2. The predicted molar refractivity (Wildman–Crippen MR) is 79.1 cm³/mol. The number of nitrogens with one attached hydrogen (secondary N) is 1. The molecule has 0 saturated carbocycles. The largest absolute Gasteiger partial charge is 0.347 e. The quantitative estimate of drug-likeness (QED) is 0.878. The van der Waals surface area contributed by atoms with Crippen molar-refractivity contribution in [3.8, 4) is 11.1 Å². The molecule has 0 fully saturated rings. The molecule has 0 aliphatic rings. The van der Waals surface area contributed by atoms with Gasteiger partial charge in [0.05, 0.1) is 0 Å². The lowest BCUT2D eigenvalue weighted by molar-refractivity contribution is 0.0920. The first-order valence-corrected chi connectivity index (χ1v) is 6.54. The van der Waals surface area contributed by atoms with E-state index in [1.165, 1.54) is 12.1 Å². The number of carbonyl (C=O) groups excluding carboxylic acids is 1. The third-order valence-corrected chi connectivity index (χ3v) is 2.80. The van der Waals surface area contributed by atoms with Gasteiger partial charge >= 0.3 is 0 Å². The van der Waals surface area contributed by atoms with Gasteiger partial charge in [0.25, 0.3) is 5.91 Å². The fraction of sp³-hybridized carbons (Fsp3) is 0.235. The maximum absolute atomic E-state index is 13.4. The van der Waals surface area contributed by atoms with E-state index in [1.54, 1.807) is 24.3 Å². The Labute approximate surface area is 118 Å². The van der Waals surface area contributed by atoms with Crippen LogP contribution in [0.15, 0.2) is 48.5 Å². The van der Waals surface area contributed by atoms with E-state index in [1.807, 2.05) is 32.9 Å². The van der Waals surface area contributed by atoms with Gasteiger partial charge in [0.2, 0.25) is 0 Å². The van der Waals surface area contributed by atoms with E-state index in [-0.39, 0.29) is 17.3 Å². The summed E-state index contributed by atoms with van der Waals surface area (Å²) in [4.78, 5) is 12.3. The van der Waals surface area contributed by atoms with Crippen LogP contribution in [0.5, 0.6) is 0 Å². The third-order valence-electron chi connectivity index (χ3n) is 2.80. The minimum absolute atomic E-state index is 0.155. The SMILES string of the molecule is CC(C)(C)NC(=O)c1ccccc1-c1cccc(F)c1. The molecule has 0 aromatic heterocycles. The van der Waals surface area contributed by atoms with Crippen molar-refractivity contribution in [1.82, 2.24) is 5.32 Å². The van der Waals surface area contributed by atoms with Crippen LogP contribution in [0.25, 0.3) is 11.1 Å². The summed E-state index contributed by atoms with van der Waals surface area (Å²) in [5.74, 6) is -0.467. The Morgan fingerprint density at radius 2 is 1.75 bits per heavy atom. The summed E-state index contributed by atoms with van der Waals surface area (Å²) >= 11 is 0. The highest BCUT2D eigenvalue weighted by molar-refractivity contribution is 6.01. The molecule has 0 spiro atoms. The molecule has 0 saturated heterocycles. The number of carbonyl (C=O) groups is 1. The molecule has 0 bridgehead atoms. The van der Waals surface area contributed by atoms with E-state index in [4.69, 9.17) is 0 Å². The van der Waals surface area contributed by atoms with Gasteiger partial charge in [-0.05, 0) is 50.1 Å². The van der Waals surface area contributed by atoms with Gasteiger partial charge in [0.15, 0.2) is 0 Å². The molecule has 1 amide bonds. The molecule has 0 radical (unpaired) electrons. The van der Waals surface area contributed by atoms with Gasteiger partial charge in [-0.3, -0.25) is 4.79 Å². The van der Waals surface area contributed by atoms with Gasteiger partial charge in [0.1, 0.15) is 5.82 Å². The summed E-state index contributed by atoms with van der Waals surface area (Å²) in [5.41, 5.74) is 1.66. The van der Waals surface area contributed by atoms with Crippen molar-refractivity contribution in [2.45, 2.75) is 26.3 Å². The summed E-state index contributed by atoms with van der Waals surface area (Å²) in [7, 11) is 0. The average molecular weight is 271 g/mol. The van der Waals surface area contributed by atoms with Crippen LogP contribution in [-0.4, -0.2) is 11.4 Å². The fourth-order valence-corrected chi connectivity index (χ4v) is 2.00. The molecule has 0 heterocycles. The minimum Gasteiger partial charge on any atom is -0.347 e. The van der Waals surface area contributed by atoms with E-state index < -0.39 is 0 Å². The van der Waals surface area contributed by atoms with Gasteiger partial charge in [-0.1, -0.05) is 30.3 Å². The minimum atomic E-state index is -0.313. The lowest BCUT2D eigenvalue weighted by Gasteiger charge is -2.21. The number of benzene rings is 2. The van der Waals surface area contributed by atoms with Crippen LogP contribution in [-0.2, 0) is 0 Å². The average Bonchev–Trinajstić information content (AvgIpc) is 2.37. The van der Waals surface area contributed by atoms with E-state index in [0.29, 0.717) is 11.1 Å². The Kier molecular flexibility index (Phi) is 3.89. The molecule has 20 heavy (non-hydrogen) atoms. The van der Waals surface area contributed by atoms with Crippen LogP contribution in [0.1, 0.15) is 31.1 Å². The Hall–Kier alpha value is -2.16. The lowest BCUT2D eigenvalue weighted by Crippen LogP contribution is -2.40. The zero-order valence-corrected chi connectivity index (χ0v) is 11.9. The van der Waals surface area contributed by atoms with Crippen LogP contribution in [0.3, 0.4) is 0 Å². The Balaban J connectivity index is 2.43. The first-order valence-electron chi connectivity index (χ1n) is 6.54. The topological polar surface area (TPSA) is 29.1 Å². The normalized spacial score (nSPS) is 11.2. The molecule has 0 aliphatic heterocycles. The molecule has 1 N–H and O–H groups in total. The highest BCUT2D eigenvalue weighted by atomic mass is 19.1. The second-order valence-electron chi connectivity index (χ2n) is 5.76. The van der Waals surface area contributed by atoms with Crippen LogP contribution in [0.4, 0.5) is 4.39 Å². The monoisotopic (exact) mass is 271 g/mol. The Morgan fingerprint density at radius 3 is 2.40 bits per heavy atom. The highest BCUT2D eigenvalue weighted by Crippen LogP contribution is 2.24. The molecular weight excluding hydrogens is 253 g/mol. The summed E-state index contributed by atoms with van der Waals surface area (Å²) in [5, 5.41) is 2.93. The predicted octanol–water partition coefficient (Wildman–Crippen LogP) is 4.02. The van der Waals surface area contributed by atoms with Gasteiger partial charge in [-0.15, -0.1) is 0 Å². The van der Waals surface area contributed by atoms with Crippen molar-refractivity contribution < 1.29 is 9.18 Å². The first-order chi connectivity index (χ1) is 9.37. The van der Waals surface area contributed by atoms with Gasteiger partial charge in [-0.25, -0.2) is 4.39 Å². The maximum atomic E-state index is 13.4. The van der Waals surface area contributed by atoms with Gasteiger partial charge < -0.3 is 5.32 Å². The smallest absolute Gasteiger partial charge is 0.252 e. The van der Waals surface area contributed by atoms with E-state index in [0.717, 1.165) is 5.56 Å². The molecule has 0 unspecified atom stereocenters. The third kappa shape index (κ3) is 3.44. The summed E-state index contributed by atoms with van der Waals surface area (Å²) < 4.78 is 13.4. The summed E-state index contributed by atoms with van der Waals surface area (Å²) in [6, 6.07) is 13.5. The standard InChI is InChI=1S/C17H18FNO/c1-17(2,3)19-16(20)15-10-5-4-9-14(15)12-7-6-8-13(18)11-12/h4-11H,1-3H3,(H,19,20). The summed E-state index contributed by atoms with van der Waals surface area (Å²) in [6.45, 7) is 5.78. The number of halogens is 1. The van der Waals surface area contributed by atoms with Gasteiger partial charge in [-0.2, -0.15) is 0 Å². The van der Waals surface area contributed by atoms with Crippen LogP contribution < -0.4 is 5.32 Å². The van der Waals surface area contributed by atoms with Crippen molar-refractivity contribution >= 4 is 5.91 Å². The van der Waals surface area contributed by atoms with Crippen LogP contribution in [0, 0.1) is 5.82 Å². The molecule has 0 atom stereocenters. The molecule has 2 aromatic rings. The van der Waals surface area contributed by atoms with E-state index in [2.05, 4.69) is 5.32 Å². The van der Waals surface area contributed by atoms with Crippen molar-refractivity contribution in [3.63, 3.8) is 0 Å². The van der Waals surface area contributed by atoms with E-state index >= 15 is 0 Å². The van der Waals surface area contributed by atoms with Gasteiger partial charge in [0, 0.05) is 11.1 Å². The van der Waals surface area contributed by atoms with Crippen LogP contribution >= 0.6 is 0 Å². The maximum Gasteiger partial charge on any atom is 0.252 e. The van der Waals surface area contributed by atoms with Crippen molar-refractivity contribution in [2.24, 2.45) is 0 Å². The van der Waals surface area contributed by atoms with Crippen LogP contribution in [0.2, 0.25) is 0 Å². The second-order valence-corrected chi connectivity index (χ2v) is 5.76. The zero-order chi connectivity index (χ0) is 14.8. The molecule has 3 heteroatoms. The molecule has 2 aromatic carbocycles. The Bertz CT molecular complexity index is 629. The van der Waals surface area contributed by atoms with Crippen molar-refractivity contribution in [1.29, 1.82) is 0 Å². The van der Waals surface area contributed by atoms with Crippen molar-refractivity contribution in [3.05, 3.63) is 59.9 Å². The Morgan fingerprint density at radius 1 is 1.05 bits per heavy atom. The second kappa shape index (κ2) is 5.45. The molecular formula is C17H18FNO. The van der Waals surface area contributed by atoms with E-state index in [9.17, 15) is 9.18 Å². The zero-order valence-electron chi connectivity index (χ0n) is 11.9. The summed E-state index contributed by atoms with van der Waals surface area (Å²) in [6.07, 6.45) is 0.